The van der Waals surface area contributed by atoms with Gasteiger partial charge >= 0.3 is 16.5 Å². The molecule has 0 atom stereocenters. The fourth-order valence-corrected chi connectivity index (χ4v) is 1.50. The molecule has 2 aromatic rings. The molecule has 128 valence electrons. The third-order valence-electron chi connectivity index (χ3n) is 2.46. The van der Waals surface area contributed by atoms with Crippen molar-refractivity contribution in [1.82, 2.24) is 4.98 Å². The van der Waals surface area contributed by atoms with Crippen LogP contribution in [0.3, 0.4) is 0 Å². The van der Waals surface area contributed by atoms with Crippen molar-refractivity contribution in [1.29, 1.82) is 0 Å². The average Bonchev–Trinajstić information content (AvgIpc) is 2.62. The number of nitrogens with zero attached hydrogens (tertiary/aromatic N) is 3. The molecule has 0 amide bonds. The van der Waals surface area contributed by atoms with Crippen LogP contribution in [0.1, 0.15) is 12.5 Å². The Bertz CT molecular complexity index is 634. The van der Waals surface area contributed by atoms with E-state index in [-0.39, 0.29) is 27.4 Å². The van der Waals surface area contributed by atoms with E-state index >= 15 is 0 Å². The number of aromatic nitrogens is 1. The molecule has 24 heavy (non-hydrogen) atoms. The minimum Gasteiger partial charge on any atom is -0.872 e. The molecule has 0 saturated heterocycles. The van der Waals surface area contributed by atoms with Gasteiger partial charge in [0, 0.05) is 18.1 Å². The minimum absolute atomic E-state index is 0. The number of hydrogen-bond donors (Lipinski definition) is 0. The van der Waals surface area contributed by atoms with Crippen molar-refractivity contribution in [2.45, 2.75) is 6.92 Å². The van der Waals surface area contributed by atoms with Crippen molar-refractivity contribution in [3.63, 3.8) is 0 Å². The van der Waals surface area contributed by atoms with Gasteiger partial charge in [-0.1, -0.05) is 42.2 Å². The maximum Gasteiger partial charge on any atom is 2.00 e. The predicted octanol–water partition coefficient (Wildman–Crippen LogP) is 3.61. The van der Waals surface area contributed by atoms with E-state index in [1.54, 1.807) is 49.8 Å². The largest absolute Gasteiger partial charge is 2.00 e. The summed E-state index contributed by atoms with van der Waals surface area (Å²) in [6.07, 6.45) is 6.65. The summed E-state index contributed by atoms with van der Waals surface area (Å²) >= 11 is 1.19. The van der Waals surface area contributed by atoms with Gasteiger partial charge in [0.2, 0.25) is 0 Å². The van der Waals surface area contributed by atoms with Crippen LogP contribution in [-0.2, 0) is 16.5 Å². The summed E-state index contributed by atoms with van der Waals surface area (Å²) in [5, 5.41) is 19.3. The molecule has 1 heterocycles. The van der Waals surface area contributed by atoms with Gasteiger partial charge in [0.25, 0.3) is 0 Å². The van der Waals surface area contributed by atoms with E-state index in [2.05, 4.69) is 15.2 Å². The minimum atomic E-state index is -0.113. The molecule has 1 aromatic heterocycles. The third kappa shape index (κ3) is 9.82. The number of amidine groups is 1. The Morgan fingerprint density at radius 3 is 2.12 bits per heavy atom. The summed E-state index contributed by atoms with van der Waals surface area (Å²) in [5.74, 6) is -0.113. The molecule has 0 radical (unpaired) electrons. The molecular weight excluding hydrogens is 367 g/mol. The fourth-order valence-electron chi connectivity index (χ4n) is 1.38. The van der Waals surface area contributed by atoms with Gasteiger partial charge in [0.15, 0.2) is 0 Å². The number of hydrogen-bond acceptors (Lipinski definition) is 5. The summed E-state index contributed by atoms with van der Waals surface area (Å²) in [5.41, 5.74) is 8.36. The van der Waals surface area contributed by atoms with Crippen LogP contribution in [0.5, 0.6) is 0 Å². The van der Waals surface area contributed by atoms with E-state index in [1.165, 1.54) is 17.8 Å². The van der Waals surface area contributed by atoms with Gasteiger partial charge in [-0.3, -0.25) is 10.1 Å². The predicted molar refractivity (Wildman–Crippen MR) is 97.0 cm³/mol. The summed E-state index contributed by atoms with van der Waals surface area (Å²) in [6.45, 7) is 1.68. The Morgan fingerprint density at radius 1 is 1.08 bits per heavy atom. The van der Waals surface area contributed by atoms with Crippen molar-refractivity contribution in [2.75, 3.05) is 6.26 Å². The van der Waals surface area contributed by atoms with Crippen LogP contribution in [-0.4, -0.2) is 22.1 Å². The second-order valence-corrected chi connectivity index (χ2v) is 5.04. The first-order valence-corrected chi connectivity index (χ1v) is 8.03. The van der Waals surface area contributed by atoms with Gasteiger partial charge in [-0.05, 0) is 42.1 Å². The monoisotopic (exact) mass is 384 g/mol. The number of allylic oxidation sites excluding steroid dienone is 1. The second kappa shape index (κ2) is 13.3. The molecule has 0 fully saturated rings. The van der Waals surface area contributed by atoms with Crippen molar-refractivity contribution in [3.8, 4) is 0 Å². The van der Waals surface area contributed by atoms with Gasteiger partial charge in [0.1, 0.15) is 0 Å². The number of benzene rings is 1. The average molecular weight is 385 g/mol. The molecule has 0 aliphatic rings. The summed E-state index contributed by atoms with van der Waals surface area (Å²) in [7, 11) is 0. The maximum atomic E-state index is 11.7. The molecule has 0 bridgehead atoms. The van der Waals surface area contributed by atoms with Crippen molar-refractivity contribution < 1.29 is 21.6 Å². The molecule has 0 unspecified atom stereocenters. The number of rotatable bonds is 3. The van der Waals surface area contributed by atoms with Gasteiger partial charge in [0.05, 0.1) is 0 Å². The van der Waals surface area contributed by atoms with E-state index in [9.17, 15) is 5.11 Å². The number of pyridine rings is 1. The zero-order valence-electron chi connectivity index (χ0n) is 13.3. The summed E-state index contributed by atoms with van der Waals surface area (Å²) in [6, 6.07) is 14.7. The first-order chi connectivity index (χ1) is 11.1. The smallest absolute Gasteiger partial charge is 0.872 e. The van der Waals surface area contributed by atoms with Gasteiger partial charge in [-0.25, -0.2) is 0 Å². The number of thioether (sulfide) groups is 1. The quantitative estimate of drug-likeness (QED) is 0.266. The van der Waals surface area contributed by atoms with Crippen LogP contribution >= 0.6 is 11.8 Å². The van der Waals surface area contributed by atoms with E-state index < -0.39 is 0 Å². The molecular formula is C17H18N4NiOS. The fraction of sp³-hybridized carbons (Fsp3) is 0.118. The van der Waals surface area contributed by atoms with Gasteiger partial charge < -0.3 is 15.9 Å². The molecule has 5 nitrogen and oxygen atoms in total. The molecule has 0 saturated carbocycles. The molecule has 2 rings (SSSR count). The topological polar surface area (TPSA) is 84.5 Å². The Hall–Kier alpha value is -2.11. The Balaban J connectivity index is 0.000000635. The van der Waals surface area contributed by atoms with Crippen molar-refractivity contribution in [2.24, 2.45) is 10.2 Å². The van der Waals surface area contributed by atoms with Crippen LogP contribution in [0.15, 0.2) is 77.2 Å². The van der Waals surface area contributed by atoms with E-state index in [4.69, 9.17) is 5.73 Å². The molecule has 0 spiro atoms. The first-order valence-electron chi connectivity index (χ1n) is 6.80. The summed E-state index contributed by atoms with van der Waals surface area (Å²) in [4.78, 5) is 3.78. The second-order valence-electron chi connectivity index (χ2n) is 4.25. The van der Waals surface area contributed by atoms with Crippen LogP contribution in [0, 0.1) is 0 Å². The zero-order valence-corrected chi connectivity index (χ0v) is 15.1. The van der Waals surface area contributed by atoms with Gasteiger partial charge in [-0.2, -0.15) is 0 Å². The molecule has 1 aromatic carbocycles. The molecule has 0 aliphatic carbocycles. The Kier molecular flexibility index (Phi) is 12.2. The standard InChI is InChI=1S/C12H14N3OS.C5H5N.Ni/c1-9(14-15-12(13)17-2)8-11(16)10-6-4-3-5-7-10;1-2-4-6-5-3-1;/h3-8H,1-2H3,(H2-,13,14,15,16);1-5H;/q-1;;+2/p-1. The zero-order chi connectivity index (χ0) is 16.9. The van der Waals surface area contributed by atoms with Crippen LogP contribution < -0.4 is 5.11 Å². The molecule has 0 aliphatic heterocycles. The molecule has 1 N–H and O–H groups in total. The Labute approximate surface area is 156 Å². The summed E-state index contributed by atoms with van der Waals surface area (Å²) < 4.78 is 0. The normalized spacial score (nSPS) is 11.8. The van der Waals surface area contributed by atoms with Crippen LogP contribution in [0.25, 0.3) is 11.5 Å². The van der Waals surface area contributed by atoms with Crippen LogP contribution in [0.4, 0.5) is 0 Å². The van der Waals surface area contributed by atoms with Crippen molar-refractivity contribution in [3.05, 3.63) is 78.3 Å². The van der Waals surface area contributed by atoms with Gasteiger partial charge in [-0.15, -0.1) is 11.8 Å². The third-order valence-corrected chi connectivity index (χ3v) is 2.93. The molecule has 7 heteroatoms. The van der Waals surface area contributed by atoms with E-state index in [1.807, 2.05) is 24.3 Å². The Morgan fingerprint density at radius 2 is 1.67 bits per heavy atom. The SMILES string of the molecule is CS/C([NH-])=N/N=C(C)/C=C(\[O-])c1ccccc1.[Ni+2].c1ccncc1. The van der Waals surface area contributed by atoms with Crippen LogP contribution in [0.2, 0.25) is 0 Å². The van der Waals surface area contributed by atoms with Crippen molar-refractivity contribution >= 4 is 28.4 Å². The number of nitrogens with one attached hydrogen (secondary N) is 1. The first kappa shape index (κ1) is 21.9. The van der Waals surface area contributed by atoms with E-state index in [0.29, 0.717) is 11.3 Å². The van der Waals surface area contributed by atoms with E-state index in [0.717, 1.165) is 0 Å². The maximum absolute atomic E-state index is 11.7.